The van der Waals surface area contributed by atoms with Gasteiger partial charge in [0.25, 0.3) is 0 Å². The minimum Gasteiger partial charge on any atom is -0.333 e. The van der Waals surface area contributed by atoms with Gasteiger partial charge in [0, 0.05) is 16.6 Å². The van der Waals surface area contributed by atoms with Crippen LogP contribution in [0.15, 0.2) is 18.3 Å². The van der Waals surface area contributed by atoms with Gasteiger partial charge in [-0.3, -0.25) is 10.7 Å². The summed E-state index contributed by atoms with van der Waals surface area (Å²) in [6.07, 6.45) is -3.42. The first-order valence-electron chi connectivity index (χ1n) is 7.31. The van der Waals surface area contributed by atoms with Crippen LogP contribution < -0.4 is 10.6 Å². The fourth-order valence-corrected chi connectivity index (χ4v) is 3.20. The standard InChI is InChI=1S/C16H17F3N4OS/c1-8-4-9(2)12(10(3)5-8)13(20)23-15(24)22-7-11-6-21-14(25-11)16(17,18)19/h4-6H,7H2,1-3H3,(H3,20,22,23,24). The second kappa shape index (κ2) is 7.22. The van der Waals surface area contributed by atoms with Crippen LogP contribution in [0.5, 0.6) is 0 Å². The maximum atomic E-state index is 12.5. The third-order valence-corrected chi connectivity index (χ3v) is 4.43. The summed E-state index contributed by atoms with van der Waals surface area (Å²) in [4.78, 5) is 15.5. The fraction of sp³-hybridized carbons (Fsp3) is 0.312. The molecule has 0 spiro atoms. The van der Waals surface area contributed by atoms with Gasteiger partial charge in [0.15, 0.2) is 5.01 Å². The zero-order chi connectivity index (χ0) is 18.8. The molecule has 0 bridgehead atoms. The Morgan fingerprint density at radius 2 is 1.84 bits per heavy atom. The number of benzene rings is 1. The molecule has 0 saturated heterocycles. The van der Waals surface area contributed by atoms with Crippen LogP contribution >= 0.6 is 11.3 Å². The van der Waals surface area contributed by atoms with Crippen LogP contribution in [0.4, 0.5) is 18.0 Å². The molecular weight excluding hydrogens is 353 g/mol. The number of hydrogen-bond donors (Lipinski definition) is 3. The molecule has 1 heterocycles. The van der Waals surface area contributed by atoms with Gasteiger partial charge in [-0.05, 0) is 31.9 Å². The Hall–Kier alpha value is -2.42. The van der Waals surface area contributed by atoms with Crippen molar-refractivity contribution >= 4 is 23.2 Å². The van der Waals surface area contributed by atoms with E-state index in [0.717, 1.165) is 22.9 Å². The molecule has 0 radical (unpaired) electrons. The van der Waals surface area contributed by atoms with Gasteiger partial charge in [0.05, 0.1) is 6.54 Å². The number of thiazole rings is 1. The van der Waals surface area contributed by atoms with E-state index in [-0.39, 0.29) is 17.3 Å². The maximum Gasteiger partial charge on any atom is 0.443 e. The lowest BCUT2D eigenvalue weighted by atomic mass is 9.99. The molecule has 3 N–H and O–H groups in total. The Kier molecular flexibility index (Phi) is 5.46. The monoisotopic (exact) mass is 370 g/mol. The number of urea groups is 1. The summed E-state index contributed by atoms with van der Waals surface area (Å²) in [5, 5.41) is 11.9. The number of aryl methyl sites for hydroxylation is 3. The first kappa shape index (κ1) is 18.9. The summed E-state index contributed by atoms with van der Waals surface area (Å²) in [7, 11) is 0. The number of hydrogen-bond acceptors (Lipinski definition) is 4. The van der Waals surface area contributed by atoms with Crippen LogP contribution in [0, 0.1) is 26.2 Å². The van der Waals surface area contributed by atoms with Gasteiger partial charge in [-0.25, -0.2) is 9.78 Å². The highest BCUT2D eigenvalue weighted by atomic mass is 32.1. The maximum absolute atomic E-state index is 12.5. The van der Waals surface area contributed by atoms with Crippen molar-refractivity contribution in [2.45, 2.75) is 33.5 Å². The Morgan fingerprint density at radius 3 is 2.36 bits per heavy atom. The average molecular weight is 370 g/mol. The topological polar surface area (TPSA) is 77.9 Å². The van der Waals surface area contributed by atoms with E-state index in [2.05, 4.69) is 15.6 Å². The predicted octanol–water partition coefficient (Wildman–Crippen LogP) is 3.91. The van der Waals surface area contributed by atoms with Crippen molar-refractivity contribution in [3.8, 4) is 0 Å². The van der Waals surface area contributed by atoms with Gasteiger partial charge < -0.3 is 5.32 Å². The molecule has 134 valence electrons. The van der Waals surface area contributed by atoms with Crippen molar-refractivity contribution < 1.29 is 18.0 Å². The molecule has 25 heavy (non-hydrogen) atoms. The summed E-state index contributed by atoms with van der Waals surface area (Å²) in [5.74, 6) is -0.0622. The largest absolute Gasteiger partial charge is 0.443 e. The Balaban J connectivity index is 1.97. The van der Waals surface area contributed by atoms with Crippen LogP contribution in [0.2, 0.25) is 0 Å². The number of carbonyl (C=O) groups excluding carboxylic acids is 1. The van der Waals surface area contributed by atoms with E-state index in [9.17, 15) is 18.0 Å². The van der Waals surface area contributed by atoms with Gasteiger partial charge in [0.2, 0.25) is 0 Å². The van der Waals surface area contributed by atoms with Crippen molar-refractivity contribution in [1.82, 2.24) is 15.6 Å². The highest BCUT2D eigenvalue weighted by Crippen LogP contribution is 2.32. The van der Waals surface area contributed by atoms with Crippen molar-refractivity contribution in [3.05, 3.63) is 50.5 Å². The van der Waals surface area contributed by atoms with Gasteiger partial charge in [-0.15, -0.1) is 11.3 Å². The van der Waals surface area contributed by atoms with Gasteiger partial charge in [0.1, 0.15) is 5.84 Å². The summed E-state index contributed by atoms with van der Waals surface area (Å²) in [5.41, 5.74) is 3.40. The molecule has 2 amide bonds. The second-order valence-corrected chi connectivity index (χ2v) is 6.70. The van der Waals surface area contributed by atoms with Crippen LogP contribution in [-0.2, 0) is 12.7 Å². The van der Waals surface area contributed by atoms with E-state index in [4.69, 9.17) is 5.41 Å². The molecule has 0 saturated carbocycles. The number of alkyl halides is 3. The lowest BCUT2D eigenvalue weighted by Crippen LogP contribution is -2.39. The first-order chi connectivity index (χ1) is 11.6. The number of halogens is 3. The van der Waals surface area contributed by atoms with E-state index < -0.39 is 17.2 Å². The summed E-state index contributed by atoms with van der Waals surface area (Å²) < 4.78 is 37.5. The summed E-state index contributed by atoms with van der Waals surface area (Å²) in [6.45, 7) is 5.54. The number of nitrogens with one attached hydrogen (secondary N) is 3. The lowest BCUT2D eigenvalue weighted by molar-refractivity contribution is -0.137. The fourth-order valence-electron chi connectivity index (χ4n) is 2.48. The molecule has 2 rings (SSSR count). The number of rotatable bonds is 3. The van der Waals surface area contributed by atoms with E-state index in [1.807, 2.05) is 32.9 Å². The Bertz CT molecular complexity index is 791. The van der Waals surface area contributed by atoms with Crippen molar-refractivity contribution in [1.29, 1.82) is 5.41 Å². The number of amidine groups is 1. The quantitative estimate of drug-likeness (QED) is 0.566. The normalized spacial score (nSPS) is 11.3. The van der Waals surface area contributed by atoms with Crippen molar-refractivity contribution in [2.75, 3.05) is 0 Å². The minimum atomic E-state index is -4.49. The molecule has 0 aliphatic rings. The number of amides is 2. The minimum absolute atomic E-state index is 0.0622. The molecule has 0 aliphatic carbocycles. The van der Waals surface area contributed by atoms with E-state index in [0.29, 0.717) is 16.9 Å². The Labute approximate surface area is 146 Å². The molecule has 0 atom stereocenters. The molecule has 1 aromatic carbocycles. The molecule has 0 fully saturated rings. The highest BCUT2D eigenvalue weighted by molar-refractivity contribution is 7.11. The summed E-state index contributed by atoms with van der Waals surface area (Å²) >= 11 is 0.471. The molecule has 0 unspecified atom stereocenters. The van der Waals surface area contributed by atoms with Crippen molar-refractivity contribution in [3.63, 3.8) is 0 Å². The van der Waals surface area contributed by atoms with Gasteiger partial charge in [-0.2, -0.15) is 13.2 Å². The SMILES string of the molecule is Cc1cc(C)c(C(=N)NC(=O)NCc2cnc(C(F)(F)F)s2)c(C)c1. The van der Waals surface area contributed by atoms with E-state index >= 15 is 0 Å². The smallest absolute Gasteiger partial charge is 0.333 e. The van der Waals surface area contributed by atoms with Crippen LogP contribution in [0.25, 0.3) is 0 Å². The average Bonchev–Trinajstić information content (AvgIpc) is 2.92. The van der Waals surface area contributed by atoms with Gasteiger partial charge >= 0.3 is 12.2 Å². The van der Waals surface area contributed by atoms with Crippen molar-refractivity contribution in [2.24, 2.45) is 0 Å². The third kappa shape index (κ3) is 4.79. The molecule has 9 heteroatoms. The molecule has 1 aromatic heterocycles. The van der Waals surface area contributed by atoms with Crippen LogP contribution in [0.1, 0.15) is 32.1 Å². The van der Waals surface area contributed by atoms with Gasteiger partial charge in [-0.1, -0.05) is 17.7 Å². The number of nitrogens with zero attached hydrogens (tertiary/aromatic N) is 1. The second-order valence-electron chi connectivity index (χ2n) is 5.59. The van der Waals surface area contributed by atoms with Crippen LogP contribution in [0.3, 0.4) is 0 Å². The third-order valence-electron chi connectivity index (χ3n) is 3.38. The molecule has 2 aromatic rings. The van der Waals surface area contributed by atoms with E-state index in [1.165, 1.54) is 0 Å². The lowest BCUT2D eigenvalue weighted by Gasteiger charge is -2.13. The molecule has 0 aliphatic heterocycles. The molecule has 5 nitrogen and oxygen atoms in total. The predicted molar refractivity (Wildman–Crippen MR) is 90.0 cm³/mol. The zero-order valence-electron chi connectivity index (χ0n) is 13.8. The summed E-state index contributed by atoms with van der Waals surface area (Å²) in [6, 6.07) is 3.16. The Morgan fingerprint density at radius 1 is 1.24 bits per heavy atom. The number of carbonyl (C=O) groups is 1. The zero-order valence-corrected chi connectivity index (χ0v) is 14.7. The first-order valence-corrected chi connectivity index (χ1v) is 8.13. The number of aromatic nitrogens is 1. The van der Waals surface area contributed by atoms with E-state index in [1.54, 1.807) is 0 Å². The highest BCUT2D eigenvalue weighted by Gasteiger charge is 2.34. The van der Waals surface area contributed by atoms with Crippen LogP contribution in [-0.4, -0.2) is 16.9 Å². The molecular formula is C16H17F3N4OS.